The Morgan fingerprint density at radius 3 is 2.36 bits per heavy atom. The van der Waals surface area contributed by atoms with Crippen molar-refractivity contribution >= 4 is 35.4 Å². The van der Waals surface area contributed by atoms with Gasteiger partial charge in [0, 0.05) is 23.2 Å². The lowest BCUT2D eigenvalue weighted by molar-refractivity contribution is -0.148. The molecule has 0 spiro atoms. The van der Waals surface area contributed by atoms with E-state index < -0.39 is 24.5 Å². The number of benzene rings is 1. The average molecular weight is 370 g/mol. The van der Waals surface area contributed by atoms with Crippen molar-refractivity contribution in [2.75, 3.05) is 13.2 Å². The molecule has 0 aliphatic carbocycles. The van der Waals surface area contributed by atoms with E-state index in [0.29, 0.717) is 10.6 Å². The quantitative estimate of drug-likeness (QED) is 0.626. The molecule has 0 aromatic heterocycles. The number of hydrogen-bond donors (Lipinski definition) is 3. The predicted octanol–water partition coefficient (Wildman–Crippen LogP) is 1.24. The van der Waals surface area contributed by atoms with Crippen molar-refractivity contribution in [2.24, 2.45) is 0 Å². The van der Waals surface area contributed by atoms with Crippen LogP contribution in [-0.2, 0) is 14.3 Å². The van der Waals surface area contributed by atoms with Crippen LogP contribution >= 0.6 is 11.6 Å². The van der Waals surface area contributed by atoms with Crippen LogP contribution in [0.3, 0.4) is 0 Å². The lowest BCUT2D eigenvalue weighted by atomic mass is 10.2. The van der Waals surface area contributed by atoms with Crippen molar-refractivity contribution in [3.63, 3.8) is 0 Å². The van der Waals surface area contributed by atoms with Gasteiger partial charge in [-0.3, -0.25) is 19.7 Å². The molecule has 0 atom stereocenters. The molecule has 9 heteroatoms. The van der Waals surface area contributed by atoms with Gasteiger partial charge < -0.3 is 15.4 Å². The molecule has 0 aliphatic rings. The summed E-state index contributed by atoms with van der Waals surface area (Å²) in [6.07, 6.45) is -0.106. The van der Waals surface area contributed by atoms with Crippen LogP contribution < -0.4 is 16.0 Å². The molecular formula is C16H20ClN3O5. The van der Waals surface area contributed by atoms with Crippen molar-refractivity contribution in [3.05, 3.63) is 34.9 Å². The van der Waals surface area contributed by atoms with E-state index in [1.807, 2.05) is 5.32 Å². The molecule has 136 valence electrons. The first-order valence-electron chi connectivity index (χ1n) is 7.57. The third-order valence-corrected chi connectivity index (χ3v) is 3.01. The van der Waals surface area contributed by atoms with E-state index in [4.69, 9.17) is 16.3 Å². The van der Waals surface area contributed by atoms with Gasteiger partial charge in [0.2, 0.25) is 0 Å². The van der Waals surface area contributed by atoms with Crippen LogP contribution in [0.25, 0.3) is 0 Å². The zero-order valence-electron chi connectivity index (χ0n) is 13.9. The van der Waals surface area contributed by atoms with Gasteiger partial charge in [-0.05, 0) is 38.1 Å². The zero-order valence-corrected chi connectivity index (χ0v) is 14.7. The highest BCUT2D eigenvalue weighted by atomic mass is 35.5. The monoisotopic (exact) mass is 369 g/mol. The Morgan fingerprint density at radius 2 is 1.76 bits per heavy atom. The van der Waals surface area contributed by atoms with E-state index in [-0.39, 0.29) is 24.9 Å². The van der Waals surface area contributed by atoms with E-state index in [1.54, 1.807) is 38.1 Å². The minimum Gasteiger partial charge on any atom is -0.456 e. The fraction of sp³-hybridized carbons (Fsp3) is 0.375. The summed E-state index contributed by atoms with van der Waals surface area (Å²) in [5, 5.41) is 7.54. The Hall–Kier alpha value is -2.61. The molecule has 0 bridgehead atoms. The van der Waals surface area contributed by atoms with Crippen LogP contribution in [0, 0.1) is 0 Å². The van der Waals surface area contributed by atoms with Gasteiger partial charge in [-0.25, -0.2) is 4.79 Å². The maximum Gasteiger partial charge on any atom is 0.321 e. The van der Waals surface area contributed by atoms with Crippen LogP contribution in [0.1, 0.15) is 30.6 Å². The highest BCUT2D eigenvalue weighted by molar-refractivity contribution is 6.30. The minimum absolute atomic E-state index is 0.0513. The lowest BCUT2D eigenvalue weighted by Crippen LogP contribution is -2.44. The summed E-state index contributed by atoms with van der Waals surface area (Å²) >= 11 is 5.73. The second-order valence-electron chi connectivity index (χ2n) is 5.35. The molecule has 1 aromatic carbocycles. The molecule has 0 saturated heterocycles. The van der Waals surface area contributed by atoms with Crippen molar-refractivity contribution in [1.29, 1.82) is 0 Å². The summed E-state index contributed by atoms with van der Waals surface area (Å²) in [7, 11) is 0. The summed E-state index contributed by atoms with van der Waals surface area (Å²) in [5.41, 5.74) is 0.410. The Balaban J connectivity index is 2.22. The highest BCUT2D eigenvalue weighted by Crippen LogP contribution is 2.09. The van der Waals surface area contributed by atoms with Crippen LogP contribution in [0.2, 0.25) is 5.02 Å². The smallest absolute Gasteiger partial charge is 0.321 e. The number of carbonyl (C=O) groups excluding carboxylic acids is 4. The van der Waals surface area contributed by atoms with Gasteiger partial charge in [0.05, 0.1) is 6.42 Å². The Labute approximate surface area is 150 Å². The molecule has 0 heterocycles. The number of hydrogen-bond acceptors (Lipinski definition) is 5. The largest absolute Gasteiger partial charge is 0.456 e. The topological polar surface area (TPSA) is 114 Å². The van der Waals surface area contributed by atoms with Gasteiger partial charge in [-0.15, -0.1) is 0 Å². The Morgan fingerprint density at radius 1 is 1.12 bits per heavy atom. The first-order chi connectivity index (χ1) is 11.8. The van der Waals surface area contributed by atoms with Crippen LogP contribution in [0.15, 0.2) is 24.3 Å². The SMILES string of the molecule is CC(C)NC(=O)NC(=O)COC(=O)CCNC(=O)c1ccc(Cl)cc1. The van der Waals surface area contributed by atoms with Crippen molar-refractivity contribution < 1.29 is 23.9 Å². The molecule has 1 rings (SSSR count). The standard InChI is InChI=1S/C16H20ClN3O5/c1-10(2)19-16(24)20-13(21)9-25-14(22)7-8-18-15(23)11-3-5-12(17)6-4-11/h3-6,10H,7-9H2,1-2H3,(H,18,23)(H2,19,20,21,24). The Kier molecular flexibility index (Phi) is 8.42. The molecule has 8 nitrogen and oxygen atoms in total. The normalized spacial score (nSPS) is 10.1. The summed E-state index contributed by atoms with van der Waals surface area (Å²) in [5.74, 6) is -1.76. The van der Waals surface area contributed by atoms with Crippen molar-refractivity contribution in [2.45, 2.75) is 26.3 Å². The average Bonchev–Trinajstić information content (AvgIpc) is 2.52. The number of esters is 1. The van der Waals surface area contributed by atoms with Gasteiger partial charge in [-0.2, -0.15) is 0 Å². The zero-order chi connectivity index (χ0) is 18.8. The molecular weight excluding hydrogens is 350 g/mol. The maximum absolute atomic E-state index is 11.8. The molecule has 0 unspecified atom stereocenters. The number of ether oxygens (including phenoxy) is 1. The molecule has 25 heavy (non-hydrogen) atoms. The van der Waals surface area contributed by atoms with Crippen molar-refractivity contribution in [1.82, 2.24) is 16.0 Å². The fourth-order valence-electron chi connectivity index (χ4n) is 1.66. The fourth-order valence-corrected chi connectivity index (χ4v) is 1.79. The molecule has 0 saturated carbocycles. The number of rotatable bonds is 7. The number of halogens is 1. The van der Waals surface area contributed by atoms with Gasteiger partial charge in [0.15, 0.2) is 6.61 Å². The third kappa shape index (κ3) is 8.71. The first-order valence-corrected chi connectivity index (χ1v) is 7.95. The number of carbonyl (C=O) groups is 4. The van der Waals surface area contributed by atoms with Crippen LogP contribution in [-0.4, -0.2) is 43.0 Å². The molecule has 0 fully saturated rings. The molecule has 3 N–H and O–H groups in total. The second-order valence-corrected chi connectivity index (χ2v) is 5.79. The predicted molar refractivity (Wildman–Crippen MR) is 91.2 cm³/mol. The minimum atomic E-state index is -0.739. The highest BCUT2D eigenvalue weighted by Gasteiger charge is 2.12. The van der Waals surface area contributed by atoms with Gasteiger partial charge in [0.25, 0.3) is 11.8 Å². The van der Waals surface area contributed by atoms with E-state index in [0.717, 1.165) is 0 Å². The van der Waals surface area contributed by atoms with Crippen LogP contribution in [0.4, 0.5) is 4.79 Å². The summed E-state index contributed by atoms with van der Waals surface area (Å²) in [4.78, 5) is 46.0. The van der Waals surface area contributed by atoms with E-state index >= 15 is 0 Å². The van der Waals surface area contributed by atoms with Gasteiger partial charge >= 0.3 is 12.0 Å². The van der Waals surface area contributed by atoms with Crippen LogP contribution in [0.5, 0.6) is 0 Å². The molecule has 4 amide bonds. The number of nitrogens with one attached hydrogen (secondary N) is 3. The second kappa shape index (κ2) is 10.3. The number of amides is 4. The van der Waals surface area contributed by atoms with Crippen molar-refractivity contribution in [3.8, 4) is 0 Å². The third-order valence-electron chi connectivity index (χ3n) is 2.76. The molecule has 1 aromatic rings. The maximum atomic E-state index is 11.8. The summed E-state index contributed by atoms with van der Waals surface area (Å²) in [6, 6.07) is 5.49. The number of urea groups is 1. The first kappa shape index (κ1) is 20.4. The van der Waals surface area contributed by atoms with E-state index in [2.05, 4.69) is 10.6 Å². The van der Waals surface area contributed by atoms with Gasteiger partial charge in [0.1, 0.15) is 0 Å². The molecule has 0 radical (unpaired) electrons. The Bertz CT molecular complexity index is 631. The van der Waals surface area contributed by atoms with E-state index in [1.165, 1.54) is 0 Å². The summed E-state index contributed by atoms with van der Waals surface area (Å²) < 4.78 is 4.71. The van der Waals surface area contributed by atoms with Gasteiger partial charge in [-0.1, -0.05) is 11.6 Å². The summed E-state index contributed by atoms with van der Waals surface area (Å²) in [6.45, 7) is 2.95. The van der Waals surface area contributed by atoms with E-state index in [9.17, 15) is 19.2 Å². The lowest BCUT2D eigenvalue weighted by Gasteiger charge is -2.09. The molecule has 0 aliphatic heterocycles. The number of imide groups is 1.